The van der Waals surface area contributed by atoms with Crippen molar-refractivity contribution in [2.75, 3.05) is 17.4 Å². The minimum atomic E-state index is -4.13. The first kappa shape index (κ1) is 32.2. The van der Waals surface area contributed by atoms with Gasteiger partial charge >= 0.3 is 0 Å². The third kappa shape index (κ3) is 8.11. The maximum absolute atomic E-state index is 14.2. The Bertz CT molecular complexity index is 1470. The number of nitrogens with zero attached hydrogens (tertiary/aromatic N) is 2. The highest BCUT2D eigenvalue weighted by molar-refractivity contribution is 7.92. The molecule has 0 fully saturated rings. The number of benzene rings is 3. The Balaban J connectivity index is 2.10. The van der Waals surface area contributed by atoms with Gasteiger partial charge in [0.25, 0.3) is 10.0 Å². The Hall–Kier alpha value is -3.36. The van der Waals surface area contributed by atoms with Crippen LogP contribution in [0.3, 0.4) is 0 Å². The lowest BCUT2D eigenvalue weighted by atomic mass is 10.1. The molecule has 3 aromatic rings. The molecule has 220 valence electrons. The van der Waals surface area contributed by atoms with Crippen LogP contribution in [-0.4, -0.2) is 44.3 Å². The van der Waals surface area contributed by atoms with Crippen LogP contribution in [0.15, 0.2) is 71.6 Å². The molecular formula is C32H40ClN3O4S. The largest absolute Gasteiger partial charge is 0.354 e. The Morgan fingerprint density at radius 1 is 0.927 bits per heavy atom. The van der Waals surface area contributed by atoms with Crippen molar-refractivity contribution in [3.63, 3.8) is 0 Å². The van der Waals surface area contributed by atoms with Crippen LogP contribution < -0.4 is 9.62 Å². The van der Waals surface area contributed by atoms with Gasteiger partial charge in [-0.25, -0.2) is 8.42 Å². The van der Waals surface area contributed by atoms with Gasteiger partial charge in [0.2, 0.25) is 11.8 Å². The normalized spacial score (nSPS) is 12.2. The summed E-state index contributed by atoms with van der Waals surface area (Å²) in [5, 5.41) is 3.39. The number of carbonyl (C=O) groups excluding carboxylic acids is 2. The molecule has 3 aromatic carbocycles. The van der Waals surface area contributed by atoms with Crippen LogP contribution in [0.2, 0.25) is 5.02 Å². The van der Waals surface area contributed by atoms with E-state index in [1.54, 1.807) is 48.5 Å². The summed E-state index contributed by atoms with van der Waals surface area (Å²) in [6.07, 6.45) is 0.342. The molecule has 0 spiro atoms. The highest BCUT2D eigenvalue weighted by Gasteiger charge is 2.34. The summed E-state index contributed by atoms with van der Waals surface area (Å²) in [6, 6.07) is 18.4. The zero-order valence-corrected chi connectivity index (χ0v) is 26.2. The highest BCUT2D eigenvalue weighted by Crippen LogP contribution is 2.29. The maximum Gasteiger partial charge on any atom is 0.264 e. The minimum absolute atomic E-state index is 0.0529. The van der Waals surface area contributed by atoms with Gasteiger partial charge in [-0.3, -0.25) is 13.9 Å². The van der Waals surface area contributed by atoms with Crippen molar-refractivity contribution in [2.45, 2.75) is 65.4 Å². The molecule has 7 nitrogen and oxygen atoms in total. The number of amides is 2. The van der Waals surface area contributed by atoms with E-state index in [1.165, 1.54) is 4.90 Å². The predicted octanol–water partition coefficient (Wildman–Crippen LogP) is 6.04. The average Bonchev–Trinajstić information content (AvgIpc) is 2.93. The molecule has 2 amide bonds. The lowest BCUT2D eigenvalue weighted by Crippen LogP contribution is -2.52. The summed E-state index contributed by atoms with van der Waals surface area (Å²) >= 11 is 6.46. The van der Waals surface area contributed by atoms with E-state index < -0.39 is 28.5 Å². The van der Waals surface area contributed by atoms with Crippen molar-refractivity contribution in [2.24, 2.45) is 5.92 Å². The van der Waals surface area contributed by atoms with E-state index in [0.29, 0.717) is 34.8 Å². The Morgan fingerprint density at radius 3 is 2.17 bits per heavy atom. The first-order chi connectivity index (χ1) is 19.3. The van der Waals surface area contributed by atoms with Crippen LogP contribution in [-0.2, 0) is 26.2 Å². The molecule has 0 heterocycles. The molecule has 0 bridgehead atoms. The van der Waals surface area contributed by atoms with E-state index in [9.17, 15) is 18.0 Å². The lowest BCUT2D eigenvalue weighted by Gasteiger charge is -2.34. The molecule has 0 aliphatic rings. The molecule has 1 atom stereocenters. The summed E-state index contributed by atoms with van der Waals surface area (Å²) in [5.74, 6) is -0.571. The third-order valence-electron chi connectivity index (χ3n) is 6.89. The SMILES string of the molecule is CC[C@@H](C(=O)NCC(C)C)N(Cc1ccccc1Cl)C(=O)CN(c1cc(C)ccc1C)S(=O)(=O)c1ccc(C)cc1. The number of sulfonamides is 1. The van der Waals surface area contributed by atoms with Gasteiger partial charge in [-0.05, 0) is 74.1 Å². The Labute approximate surface area is 249 Å². The first-order valence-electron chi connectivity index (χ1n) is 13.8. The van der Waals surface area contributed by atoms with E-state index in [2.05, 4.69) is 5.32 Å². The quantitative estimate of drug-likeness (QED) is 0.276. The van der Waals surface area contributed by atoms with Crippen LogP contribution in [0.4, 0.5) is 5.69 Å². The smallest absolute Gasteiger partial charge is 0.264 e. The van der Waals surface area contributed by atoms with Gasteiger partial charge < -0.3 is 10.2 Å². The number of aryl methyl sites for hydroxylation is 3. The van der Waals surface area contributed by atoms with Crippen molar-refractivity contribution in [3.05, 3.63) is 94.0 Å². The number of rotatable bonds is 12. The van der Waals surface area contributed by atoms with Gasteiger partial charge in [-0.2, -0.15) is 0 Å². The van der Waals surface area contributed by atoms with Gasteiger partial charge in [0.15, 0.2) is 0 Å². The van der Waals surface area contributed by atoms with Crippen LogP contribution >= 0.6 is 11.6 Å². The number of anilines is 1. The van der Waals surface area contributed by atoms with E-state index in [4.69, 9.17) is 11.6 Å². The highest BCUT2D eigenvalue weighted by atomic mass is 35.5. The number of hydrogen-bond acceptors (Lipinski definition) is 4. The van der Waals surface area contributed by atoms with Gasteiger partial charge in [0, 0.05) is 18.1 Å². The van der Waals surface area contributed by atoms with Gasteiger partial charge in [-0.1, -0.05) is 80.4 Å². The van der Waals surface area contributed by atoms with Crippen molar-refractivity contribution < 1.29 is 18.0 Å². The third-order valence-corrected chi connectivity index (χ3v) is 9.03. The zero-order chi connectivity index (χ0) is 30.3. The topological polar surface area (TPSA) is 86.8 Å². The summed E-state index contributed by atoms with van der Waals surface area (Å²) in [7, 11) is -4.13. The number of carbonyl (C=O) groups is 2. The van der Waals surface area contributed by atoms with Crippen LogP contribution in [0.5, 0.6) is 0 Å². The second-order valence-electron chi connectivity index (χ2n) is 10.8. The number of halogens is 1. The first-order valence-corrected chi connectivity index (χ1v) is 15.6. The van der Waals surface area contributed by atoms with E-state index in [1.807, 2.05) is 59.7 Å². The molecule has 0 saturated carbocycles. The van der Waals surface area contributed by atoms with Crippen molar-refractivity contribution in [3.8, 4) is 0 Å². The standard InChI is InChI=1S/C32H40ClN3O4S/c1-7-29(32(38)34-19-22(2)3)35(20-26-10-8-9-11-28(26)33)31(37)21-36(30-18-24(5)12-15-25(30)6)41(39,40)27-16-13-23(4)14-17-27/h8-18,22,29H,7,19-21H2,1-6H3,(H,34,38)/t29-/m0/s1. The van der Waals surface area contributed by atoms with Crippen molar-refractivity contribution >= 4 is 39.1 Å². The van der Waals surface area contributed by atoms with Gasteiger partial charge in [-0.15, -0.1) is 0 Å². The van der Waals surface area contributed by atoms with Gasteiger partial charge in [0.05, 0.1) is 10.6 Å². The molecule has 0 aliphatic heterocycles. The van der Waals surface area contributed by atoms with Crippen molar-refractivity contribution in [1.29, 1.82) is 0 Å². The molecule has 0 saturated heterocycles. The zero-order valence-electron chi connectivity index (χ0n) is 24.6. The van der Waals surface area contributed by atoms with E-state index in [-0.39, 0.29) is 23.3 Å². The second kappa shape index (κ2) is 14.0. The molecule has 41 heavy (non-hydrogen) atoms. The molecule has 3 rings (SSSR count). The number of nitrogens with one attached hydrogen (secondary N) is 1. The molecule has 0 unspecified atom stereocenters. The summed E-state index contributed by atoms with van der Waals surface area (Å²) in [6.45, 7) is 11.4. The molecule has 0 aromatic heterocycles. The predicted molar refractivity (Wildman–Crippen MR) is 166 cm³/mol. The fraction of sp³-hybridized carbons (Fsp3) is 0.375. The molecule has 9 heteroatoms. The fourth-order valence-electron chi connectivity index (χ4n) is 4.49. The lowest BCUT2D eigenvalue weighted by molar-refractivity contribution is -0.140. The van der Waals surface area contributed by atoms with Crippen LogP contribution in [0.1, 0.15) is 49.4 Å². The van der Waals surface area contributed by atoms with Gasteiger partial charge in [0.1, 0.15) is 12.6 Å². The summed E-state index contributed by atoms with van der Waals surface area (Å²) in [5.41, 5.74) is 3.56. The Morgan fingerprint density at radius 2 is 1.56 bits per heavy atom. The van der Waals surface area contributed by atoms with Crippen molar-refractivity contribution in [1.82, 2.24) is 10.2 Å². The fourth-order valence-corrected chi connectivity index (χ4v) is 6.16. The average molecular weight is 598 g/mol. The van der Waals surface area contributed by atoms with E-state index in [0.717, 1.165) is 15.4 Å². The van der Waals surface area contributed by atoms with Crippen LogP contribution in [0.25, 0.3) is 0 Å². The number of hydrogen-bond donors (Lipinski definition) is 1. The maximum atomic E-state index is 14.2. The molecule has 1 N–H and O–H groups in total. The summed E-state index contributed by atoms with van der Waals surface area (Å²) < 4.78 is 29.3. The molecule has 0 aliphatic carbocycles. The van der Waals surface area contributed by atoms with E-state index >= 15 is 0 Å². The molecule has 0 radical (unpaired) electrons. The second-order valence-corrected chi connectivity index (χ2v) is 13.1. The Kier molecular flexibility index (Phi) is 11.0. The summed E-state index contributed by atoms with van der Waals surface area (Å²) in [4.78, 5) is 29.1. The van der Waals surface area contributed by atoms with Crippen LogP contribution in [0, 0.1) is 26.7 Å². The monoisotopic (exact) mass is 597 g/mol. The molecular weight excluding hydrogens is 558 g/mol. The minimum Gasteiger partial charge on any atom is -0.354 e.